The summed E-state index contributed by atoms with van der Waals surface area (Å²) in [6.07, 6.45) is 7.93. The molecule has 216 valence electrons. The van der Waals surface area contributed by atoms with Gasteiger partial charge >= 0.3 is 0 Å². The number of hydrogen-bond donors (Lipinski definition) is 2. The maximum atomic E-state index is 13.8. The van der Waals surface area contributed by atoms with E-state index in [1.54, 1.807) is 12.3 Å². The number of amides is 2. The second-order valence-electron chi connectivity index (χ2n) is 8.08. The van der Waals surface area contributed by atoms with Crippen molar-refractivity contribution in [1.82, 2.24) is 19.9 Å². The largest absolute Gasteiger partial charge is 0.325 e. The summed E-state index contributed by atoms with van der Waals surface area (Å²) >= 11 is 22.2. The zero-order valence-electron chi connectivity index (χ0n) is 20.3. The Labute approximate surface area is 257 Å². The van der Waals surface area contributed by atoms with E-state index in [4.69, 9.17) is 46.4 Å². The molecule has 0 bridgehead atoms. The first-order chi connectivity index (χ1) is 19.6. The van der Waals surface area contributed by atoms with Crippen molar-refractivity contribution in [3.63, 3.8) is 0 Å². The van der Waals surface area contributed by atoms with E-state index in [-0.39, 0.29) is 45.8 Å². The summed E-state index contributed by atoms with van der Waals surface area (Å²) in [6.45, 7) is 0. The van der Waals surface area contributed by atoms with Gasteiger partial charge in [0.05, 0.1) is 23.2 Å². The number of nitrogens with zero attached hydrogens (tertiary/aromatic N) is 4. The van der Waals surface area contributed by atoms with Gasteiger partial charge in [0.2, 0.25) is 5.91 Å². The van der Waals surface area contributed by atoms with Crippen molar-refractivity contribution in [2.75, 3.05) is 10.6 Å². The van der Waals surface area contributed by atoms with Crippen molar-refractivity contribution in [2.24, 2.45) is 0 Å². The van der Waals surface area contributed by atoms with E-state index in [1.165, 1.54) is 42.9 Å². The molecule has 0 fully saturated rings. The number of halogens is 6. The molecule has 42 heavy (non-hydrogen) atoms. The first kappa shape index (κ1) is 32.5. The maximum absolute atomic E-state index is 13.8. The molecule has 2 amide bonds. The van der Waals surface area contributed by atoms with Crippen LogP contribution in [0, 0.1) is 11.6 Å². The predicted molar refractivity (Wildman–Crippen MR) is 158 cm³/mol. The lowest BCUT2D eigenvalue weighted by Crippen LogP contribution is -2.03. The van der Waals surface area contributed by atoms with Crippen molar-refractivity contribution in [2.45, 2.75) is 13.8 Å². The number of carbonyl (C=O) groups excluding carboxylic acids is 3. The van der Waals surface area contributed by atoms with Gasteiger partial charge in [0.15, 0.2) is 28.2 Å². The molecule has 2 N–H and O–H groups in total. The van der Waals surface area contributed by atoms with Gasteiger partial charge < -0.3 is 10.6 Å². The fourth-order valence-electron chi connectivity index (χ4n) is 3.51. The summed E-state index contributed by atoms with van der Waals surface area (Å²) in [5.41, 5.74) is 3.21. The van der Waals surface area contributed by atoms with Gasteiger partial charge in [-0.3, -0.25) is 14.4 Å². The Hall–Kier alpha value is -4.03. The number of aromatic nitrogens is 4. The Morgan fingerprint density at radius 3 is 1.98 bits per heavy atom. The van der Waals surface area contributed by atoms with E-state index in [9.17, 15) is 23.2 Å². The standard InChI is InChI=1S/C13H6Cl2FN3O.C7H5ClN2O.C6H3ClFNO.CH4/c14-10-4-9-8(5-18-10)7(13(20)19-9)3-6-1-2-17-12(15)11(6)16;8-6-2-5-4(3-9-6)1-7(11)10-5;7-6-5(8)4(3-10)1-2-9-6;/h1-5H,(H,19,20);2-3H,1H2,(H,10,11);1-3H;1H4. The normalized spacial score (nSPS) is 13.3. The highest BCUT2D eigenvalue weighted by Gasteiger charge is 2.25. The molecule has 6 heterocycles. The zero-order chi connectivity index (χ0) is 29.7. The lowest BCUT2D eigenvalue weighted by molar-refractivity contribution is -0.115. The van der Waals surface area contributed by atoms with Crippen LogP contribution in [0.5, 0.6) is 0 Å². The van der Waals surface area contributed by atoms with Crippen LogP contribution in [0.25, 0.3) is 11.6 Å². The predicted octanol–water partition coefficient (Wildman–Crippen LogP) is 6.97. The molecule has 0 aliphatic carbocycles. The van der Waals surface area contributed by atoms with E-state index in [1.807, 2.05) is 0 Å². The van der Waals surface area contributed by atoms with Crippen LogP contribution in [0.3, 0.4) is 0 Å². The smallest absolute Gasteiger partial charge is 0.256 e. The number of carbonyl (C=O) groups is 3. The van der Waals surface area contributed by atoms with Crippen LogP contribution in [0.15, 0.2) is 49.1 Å². The van der Waals surface area contributed by atoms with Crippen LogP contribution < -0.4 is 10.6 Å². The van der Waals surface area contributed by atoms with Crippen LogP contribution in [-0.4, -0.2) is 38.0 Å². The highest BCUT2D eigenvalue weighted by molar-refractivity contribution is 6.36. The monoisotopic (exact) mass is 652 g/mol. The topological polar surface area (TPSA) is 127 Å². The van der Waals surface area contributed by atoms with Gasteiger partial charge in [-0.1, -0.05) is 53.8 Å². The SMILES string of the molecule is C.O=C1Cc2cnc(Cl)cc2N1.O=C1Nc2cc(Cl)ncc2C1=Cc1ccnc(Cl)c1F.O=Cc1ccnc(Cl)c1F. The molecule has 0 atom stereocenters. The lowest BCUT2D eigenvalue weighted by atomic mass is 10.1. The maximum Gasteiger partial charge on any atom is 0.256 e. The minimum absolute atomic E-state index is 0. The third-order valence-corrected chi connectivity index (χ3v) is 6.35. The van der Waals surface area contributed by atoms with Gasteiger partial charge in [0.1, 0.15) is 10.3 Å². The number of hydrogen-bond acceptors (Lipinski definition) is 7. The van der Waals surface area contributed by atoms with Crippen LogP contribution in [0.4, 0.5) is 20.2 Å². The highest BCUT2D eigenvalue weighted by atomic mass is 35.5. The number of pyridine rings is 4. The average Bonchev–Trinajstić information content (AvgIpc) is 3.46. The molecule has 0 spiro atoms. The molecule has 9 nitrogen and oxygen atoms in total. The highest BCUT2D eigenvalue weighted by Crippen LogP contribution is 2.34. The lowest BCUT2D eigenvalue weighted by Gasteiger charge is -2.00. The molecule has 6 rings (SSSR count). The zero-order valence-corrected chi connectivity index (χ0v) is 23.3. The van der Waals surface area contributed by atoms with Gasteiger partial charge in [-0.2, -0.15) is 0 Å². The summed E-state index contributed by atoms with van der Waals surface area (Å²) < 4.78 is 26.4. The molecule has 0 unspecified atom stereocenters. The van der Waals surface area contributed by atoms with Crippen LogP contribution >= 0.6 is 46.4 Å². The second kappa shape index (κ2) is 14.2. The fourth-order valence-corrected chi connectivity index (χ4v) is 4.15. The third-order valence-electron chi connectivity index (χ3n) is 5.41. The van der Waals surface area contributed by atoms with Crippen molar-refractivity contribution in [3.05, 3.63) is 104 Å². The van der Waals surface area contributed by atoms with E-state index < -0.39 is 11.6 Å². The average molecular weight is 654 g/mol. The molecular formula is C27H18Cl4F2N6O3. The summed E-state index contributed by atoms with van der Waals surface area (Å²) in [6, 6.07) is 5.88. The van der Waals surface area contributed by atoms with Crippen molar-refractivity contribution < 1.29 is 23.2 Å². The van der Waals surface area contributed by atoms with E-state index in [0.717, 1.165) is 11.3 Å². The van der Waals surface area contributed by atoms with Crippen LogP contribution in [-0.2, 0) is 16.0 Å². The van der Waals surface area contributed by atoms with Gasteiger partial charge in [0, 0.05) is 47.2 Å². The number of nitrogens with one attached hydrogen (secondary N) is 2. The summed E-state index contributed by atoms with van der Waals surface area (Å²) in [5.74, 6) is -1.79. The van der Waals surface area contributed by atoms with Crippen molar-refractivity contribution >= 4 is 87.5 Å². The number of fused-ring (bicyclic) bond motifs is 2. The molecule has 2 aliphatic heterocycles. The van der Waals surface area contributed by atoms with Crippen LogP contribution in [0.2, 0.25) is 20.6 Å². The molecule has 0 saturated heterocycles. The number of aldehydes is 1. The van der Waals surface area contributed by atoms with Crippen LogP contribution in [0.1, 0.15) is 34.5 Å². The fraction of sp³-hybridized carbons (Fsp3) is 0.0741. The molecule has 2 aliphatic rings. The van der Waals surface area contributed by atoms with Gasteiger partial charge in [-0.15, -0.1) is 0 Å². The molecule has 4 aromatic heterocycles. The summed E-state index contributed by atoms with van der Waals surface area (Å²) in [7, 11) is 0. The molecular weight excluding hydrogens is 636 g/mol. The molecule has 4 aromatic rings. The molecule has 0 radical (unpaired) electrons. The summed E-state index contributed by atoms with van der Waals surface area (Å²) in [5, 5.41) is 5.47. The Morgan fingerprint density at radius 1 is 0.786 bits per heavy atom. The Kier molecular flexibility index (Phi) is 11.0. The van der Waals surface area contributed by atoms with E-state index >= 15 is 0 Å². The molecule has 0 saturated carbocycles. The Bertz CT molecular complexity index is 1720. The first-order valence-electron chi connectivity index (χ1n) is 11.3. The van der Waals surface area contributed by atoms with Gasteiger partial charge in [0.25, 0.3) is 5.91 Å². The summed E-state index contributed by atoms with van der Waals surface area (Å²) in [4.78, 5) is 47.6. The van der Waals surface area contributed by atoms with Crippen molar-refractivity contribution in [1.29, 1.82) is 0 Å². The second-order valence-corrected chi connectivity index (χ2v) is 9.57. The quantitative estimate of drug-likeness (QED) is 0.136. The number of anilines is 2. The van der Waals surface area contributed by atoms with Crippen molar-refractivity contribution in [3.8, 4) is 0 Å². The van der Waals surface area contributed by atoms with Gasteiger partial charge in [-0.05, 0) is 30.3 Å². The molecule has 15 heteroatoms. The molecule has 0 aromatic carbocycles. The third kappa shape index (κ3) is 7.62. The van der Waals surface area contributed by atoms with Gasteiger partial charge in [-0.25, -0.2) is 28.7 Å². The minimum atomic E-state index is -0.765. The Balaban J connectivity index is 0.000000187. The first-order valence-corrected chi connectivity index (χ1v) is 12.8. The Morgan fingerprint density at radius 2 is 1.36 bits per heavy atom. The minimum Gasteiger partial charge on any atom is -0.325 e. The van der Waals surface area contributed by atoms with E-state index in [0.29, 0.717) is 34.7 Å². The number of rotatable bonds is 2. The van der Waals surface area contributed by atoms with E-state index in [2.05, 4.69) is 30.6 Å².